The number of rotatable bonds is 9. The number of amides is 1. The minimum atomic E-state index is -0.133. The highest BCUT2D eigenvalue weighted by molar-refractivity contribution is 6.30. The summed E-state index contributed by atoms with van der Waals surface area (Å²) in [6.45, 7) is 3.53. The molecule has 3 aromatic carbocycles. The Kier molecular flexibility index (Phi) is 8.01. The fourth-order valence-electron chi connectivity index (χ4n) is 5.85. The molecule has 2 N–H and O–H groups in total. The molecule has 0 spiro atoms. The maximum Gasteiger partial charge on any atom is 0.254 e. The van der Waals surface area contributed by atoms with Crippen molar-refractivity contribution in [3.05, 3.63) is 124 Å². The zero-order chi connectivity index (χ0) is 28.2. The third-order valence-electron chi connectivity index (χ3n) is 8.11. The van der Waals surface area contributed by atoms with E-state index >= 15 is 0 Å². The zero-order valence-electron chi connectivity index (χ0n) is 23.2. The number of hydrogen-bond donors (Lipinski definition) is 2. The minimum absolute atomic E-state index is 0.133. The average molecular weight is 564 g/mol. The Labute approximate surface area is 245 Å². The van der Waals surface area contributed by atoms with E-state index in [4.69, 9.17) is 21.6 Å². The number of aryl methyl sites for hydroxylation is 3. The van der Waals surface area contributed by atoms with Gasteiger partial charge in [0.2, 0.25) is 5.95 Å². The van der Waals surface area contributed by atoms with Crippen LogP contribution < -0.4 is 10.2 Å². The first-order valence-corrected chi connectivity index (χ1v) is 14.7. The first-order chi connectivity index (χ1) is 20.1. The summed E-state index contributed by atoms with van der Waals surface area (Å²) >= 11 is 6.15. The van der Waals surface area contributed by atoms with E-state index < -0.39 is 0 Å². The van der Waals surface area contributed by atoms with Crippen LogP contribution in [0.5, 0.6) is 0 Å². The monoisotopic (exact) mass is 563 g/mol. The molecule has 0 saturated carbocycles. The zero-order valence-corrected chi connectivity index (χ0v) is 24.0. The van der Waals surface area contributed by atoms with Gasteiger partial charge in [-0.05, 0) is 79.5 Å². The minimum Gasteiger partial charge on any atom is -0.361 e. The summed E-state index contributed by atoms with van der Waals surface area (Å²) in [4.78, 5) is 28.8. The Morgan fingerprint density at radius 1 is 1.00 bits per heavy atom. The van der Waals surface area contributed by atoms with Crippen molar-refractivity contribution in [3.8, 4) is 0 Å². The third-order valence-corrected chi connectivity index (χ3v) is 8.36. The molecule has 2 aromatic heterocycles. The van der Waals surface area contributed by atoms with Crippen molar-refractivity contribution in [3.63, 3.8) is 0 Å². The van der Waals surface area contributed by atoms with Crippen LogP contribution in [-0.4, -0.2) is 33.9 Å². The lowest BCUT2D eigenvalue weighted by Crippen LogP contribution is -2.29. The van der Waals surface area contributed by atoms with Gasteiger partial charge >= 0.3 is 0 Å². The predicted molar refractivity (Wildman–Crippen MR) is 166 cm³/mol. The van der Waals surface area contributed by atoms with Crippen LogP contribution in [0.2, 0.25) is 5.02 Å². The number of para-hydroxylation sites is 1. The van der Waals surface area contributed by atoms with Crippen molar-refractivity contribution in [2.45, 2.75) is 45.1 Å². The standard InChI is InChI=1S/C34H34ClN5O/c1-23-7-2-3-8-24(23)14-17-31-29(33(41)36-19-18-26-21-37-30-10-5-4-9-28(26)30)22-38-34(39-31)40-20-6-11-32(40)25-12-15-27(35)16-13-25/h2-5,7-10,12-13,15-16,21-22,32,37H,6,11,14,17-20H2,1H3,(H,36,41)/t32-/m1/s1. The van der Waals surface area contributed by atoms with Crippen LogP contribution in [0.1, 0.15) is 57.2 Å². The second-order valence-electron chi connectivity index (χ2n) is 10.7. The number of carbonyl (C=O) groups is 1. The number of benzene rings is 3. The van der Waals surface area contributed by atoms with Crippen molar-refractivity contribution in [1.29, 1.82) is 0 Å². The van der Waals surface area contributed by atoms with Crippen LogP contribution in [0.15, 0.2) is 85.2 Å². The summed E-state index contributed by atoms with van der Waals surface area (Å²) < 4.78 is 0. The average Bonchev–Trinajstić information content (AvgIpc) is 3.65. The van der Waals surface area contributed by atoms with Gasteiger partial charge in [-0.15, -0.1) is 0 Å². The maximum atomic E-state index is 13.5. The molecule has 6 nitrogen and oxygen atoms in total. The molecule has 1 aliphatic rings. The number of anilines is 1. The molecule has 208 valence electrons. The number of fused-ring (bicyclic) bond motifs is 1. The van der Waals surface area contributed by atoms with Crippen molar-refractivity contribution < 1.29 is 4.79 Å². The van der Waals surface area contributed by atoms with Crippen LogP contribution in [0.25, 0.3) is 10.9 Å². The van der Waals surface area contributed by atoms with Gasteiger partial charge in [0.25, 0.3) is 5.91 Å². The molecule has 1 amide bonds. The molecular weight excluding hydrogens is 530 g/mol. The Morgan fingerprint density at radius 3 is 2.66 bits per heavy atom. The molecule has 1 atom stereocenters. The van der Waals surface area contributed by atoms with E-state index in [9.17, 15) is 4.79 Å². The second kappa shape index (κ2) is 12.1. The van der Waals surface area contributed by atoms with E-state index in [0.717, 1.165) is 48.5 Å². The molecule has 0 aliphatic carbocycles. The summed E-state index contributed by atoms with van der Waals surface area (Å²) in [6.07, 6.45) is 8.03. The fourth-order valence-corrected chi connectivity index (χ4v) is 5.98. The Hall–Kier alpha value is -4.16. The van der Waals surface area contributed by atoms with E-state index in [1.807, 2.05) is 30.5 Å². The first kappa shape index (κ1) is 27.0. The lowest BCUT2D eigenvalue weighted by Gasteiger charge is -2.26. The molecule has 5 aromatic rings. The highest BCUT2D eigenvalue weighted by Gasteiger charge is 2.29. The second-order valence-corrected chi connectivity index (χ2v) is 11.2. The van der Waals surface area contributed by atoms with Crippen LogP contribution in [-0.2, 0) is 19.3 Å². The molecular formula is C34H34ClN5O. The van der Waals surface area contributed by atoms with Crippen LogP contribution in [0.4, 0.5) is 5.95 Å². The highest BCUT2D eigenvalue weighted by atomic mass is 35.5. The number of hydrogen-bond acceptors (Lipinski definition) is 4. The topological polar surface area (TPSA) is 73.9 Å². The number of halogens is 1. The number of nitrogens with zero attached hydrogens (tertiary/aromatic N) is 3. The normalized spacial score (nSPS) is 15.0. The quantitative estimate of drug-likeness (QED) is 0.202. The Balaban J connectivity index is 1.23. The number of nitrogens with one attached hydrogen (secondary N) is 2. The van der Waals surface area contributed by atoms with E-state index in [0.29, 0.717) is 24.5 Å². The van der Waals surface area contributed by atoms with E-state index in [2.05, 4.69) is 70.7 Å². The molecule has 0 radical (unpaired) electrons. The summed E-state index contributed by atoms with van der Waals surface area (Å²) in [5.74, 6) is 0.546. The number of H-pyrrole nitrogens is 1. The van der Waals surface area contributed by atoms with Crippen LogP contribution >= 0.6 is 11.6 Å². The molecule has 3 heterocycles. The molecule has 1 saturated heterocycles. The van der Waals surface area contributed by atoms with Crippen molar-refractivity contribution in [1.82, 2.24) is 20.3 Å². The van der Waals surface area contributed by atoms with Gasteiger partial charge in [-0.1, -0.05) is 66.2 Å². The van der Waals surface area contributed by atoms with Crippen LogP contribution in [0, 0.1) is 6.92 Å². The van der Waals surface area contributed by atoms with E-state index in [-0.39, 0.29) is 11.9 Å². The van der Waals surface area contributed by atoms with Gasteiger partial charge in [0.1, 0.15) is 0 Å². The van der Waals surface area contributed by atoms with Crippen molar-refractivity contribution in [2.75, 3.05) is 18.0 Å². The first-order valence-electron chi connectivity index (χ1n) is 14.3. The molecule has 1 aliphatic heterocycles. The van der Waals surface area contributed by atoms with Crippen LogP contribution in [0.3, 0.4) is 0 Å². The van der Waals surface area contributed by atoms with Crippen molar-refractivity contribution >= 4 is 34.4 Å². The van der Waals surface area contributed by atoms with Gasteiger partial charge in [0, 0.05) is 41.4 Å². The van der Waals surface area contributed by atoms with Gasteiger partial charge in [0.05, 0.1) is 17.3 Å². The molecule has 6 rings (SSSR count). The summed E-state index contributed by atoms with van der Waals surface area (Å²) in [5.41, 5.74) is 7.33. The predicted octanol–water partition coefficient (Wildman–Crippen LogP) is 7.02. The highest BCUT2D eigenvalue weighted by Crippen LogP contribution is 2.35. The lowest BCUT2D eigenvalue weighted by atomic mass is 10.0. The molecule has 0 bridgehead atoms. The van der Waals surface area contributed by atoms with Gasteiger partial charge in [-0.25, -0.2) is 9.97 Å². The number of carbonyl (C=O) groups excluding carboxylic acids is 1. The fraction of sp³-hybridized carbons (Fsp3) is 0.265. The molecule has 1 fully saturated rings. The molecule has 0 unspecified atom stereocenters. The summed E-state index contributed by atoms with van der Waals surface area (Å²) in [5, 5.41) is 5.04. The van der Waals surface area contributed by atoms with Crippen molar-refractivity contribution in [2.24, 2.45) is 0 Å². The maximum absolute atomic E-state index is 13.5. The lowest BCUT2D eigenvalue weighted by molar-refractivity contribution is 0.0952. The smallest absolute Gasteiger partial charge is 0.254 e. The molecule has 7 heteroatoms. The van der Waals surface area contributed by atoms with Gasteiger partial charge in [-0.2, -0.15) is 0 Å². The largest absolute Gasteiger partial charge is 0.361 e. The third kappa shape index (κ3) is 5.98. The number of aromatic amines is 1. The molecule has 41 heavy (non-hydrogen) atoms. The van der Waals surface area contributed by atoms with E-state index in [1.54, 1.807) is 6.20 Å². The summed E-state index contributed by atoms with van der Waals surface area (Å²) in [6, 6.07) is 24.8. The Morgan fingerprint density at radius 2 is 1.80 bits per heavy atom. The Bertz CT molecular complexity index is 1660. The van der Waals surface area contributed by atoms with Gasteiger partial charge < -0.3 is 15.2 Å². The SMILES string of the molecule is Cc1ccccc1CCc1nc(N2CCC[C@@H]2c2ccc(Cl)cc2)ncc1C(=O)NCCc1c[nH]c2ccccc12. The summed E-state index contributed by atoms with van der Waals surface area (Å²) in [7, 11) is 0. The number of aromatic nitrogens is 3. The van der Waals surface area contributed by atoms with E-state index in [1.165, 1.54) is 27.6 Å². The van der Waals surface area contributed by atoms with Gasteiger partial charge in [-0.3, -0.25) is 4.79 Å². The van der Waals surface area contributed by atoms with Gasteiger partial charge in [0.15, 0.2) is 0 Å².